The molecule has 0 spiro atoms. The Labute approximate surface area is 98.7 Å². The van der Waals surface area contributed by atoms with Crippen LogP contribution >= 0.6 is 0 Å². The van der Waals surface area contributed by atoms with Crippen molar-refractivity contribution in [2.45, 2.75) is 0 Å². The fourth-order valence-electron chi connectivity index (χ4n) is 1.87. The third-order valence-corrected chi connectivity index (χ3v) is 2.81. The van der Waals surface area contributed by atoms with Crippen LogP contribution in [-0.4, -0.2) is 47.3 Å². The number of piperazine rings is 1. The minimum atomic E-state index is -0.892. The highest BCUT2D eigenvalue weighted by atomic mass is 16.4. The van der Waals surface area contributed by atoms with E-state index in [1.165, 1.54) is 4.90 Å². The molecule has 1 saturated heterocycles. The molecule has 0 aliphatic carbocycles. The van der Waals surface area contributed by atoms with Crippen LogP contribution in [0.1, 0.15) is 5.56 Å². The zero-order chi connectivity index (χ0) is 12.3. The molecule has 6 nitrogen and oxygen atoms in total. The smallest absolute Gasteiger partial charge is 0.407 e. The van der Waals surface area contributed by atoms with Gasteiger partial charge in [0.2, 0.25) is 0 Å². The summed E-state index contributed by atoms with van der Waals surface area (Å²) in [5.74, 6) is 0. The highest BCUT2D eigenvalue weighted by molar-refractivity contribution is 5.66. The summed E-state index contributed by atoms with van der Waals surface area (Å²) in [6.07, 6.45) is 2.33. The Morgan fingerprint density at radius 1 is 1.41 bits per heavy atom. The fraction of sp³-hybridized carbons (Fsp3) is 0.364. The van der Waals surface area contributed by atoms with Gasteiger partial charge >= 0.3 is 6.09 Å². The maximum absolute atomic E-state index is 10.8. The van der Waals surface area contributed by atoms with Crippen LogP contribution in [0.4, 0.5) is 10.5 Å². The number of amides is 1. The summed E-state index contributed by atoms with van der Waals surface area (Å²) in [6, 6.07) is 3.78. The summed E-state index contributed by atoms with van der Waals surface area (Å²) in [4.78, 5) is 18.1. The van der Waals surface area contributed by atoms with Crippen molar-refractivity contribution in [3.63, 3.8) is 0 Å². The van der Waals surface area contributed by atoms with Crippen molar-refractivity contribution in [3.8, 4) is 6.07 Å². The molecular formula is C11H12N4O2. The van der Waals surface area contributed by atoms with Gasteiger partial charge in [-0.1, -0.05) is 0 Å². The van der Waals surface area contributed by atoms with Crippen LogP contribution in [0.5, 0.6) is 0 Å². The lowest BCUT2D eigenvalue weighted by Gasteiger charge is -2.34. The number of carbonyl (C=O) groups is 1. The van der Waals surface area contributed by atoms with Gasteiger partial charge in [0, 0.05) is 32.4 Å². The molecule has 88 valence electrons. The van der Waals surface area contributed by atoms with Crippen LogP contribution < -0.4 is 4.90 Å². The number of aromatic nitrogens is 1. The molecule has 0 bridgehead atoms. The maximum Gasteiger partial charge on any atom is 0.407 e. The zero-order valence-electron chi connectivity index (χ0n) is 9.20. The van der Waals surface area contributed by atoms with Crippen LogP contribution in [0, 0.1) is 11.3 Å². The van der Waals surface area contributed by atoms with Crippen LogP contribution in [0.25, 0.3) is 0 Å². The van der Waals surface area contributed by atoms with E-state index in [0.717, 1.165) is 5.69 Å². The molecule has 1 N–H and O–H groups in total. The van der Waals surface area contributed by atoms with Gasteiger partial charge in [-0.15, -0.1) is 0 Å². The van der Waals surface area contributed by atoms with E-state index in [1.54, 1.807) is 18.5 Å². The minimum absolute atomic E-state index is 0.453. The molecule has 1 amide bonds. The Morgan fingerprint density at radius 2 is 2.12 bits per heavy atom. The molecule has 1 fully saturated rings. The van der Waals surface area contributed by atoms with E-state index in [-0.39, 0.29) is 0 Å². The van der Waals surface area contributed by atoms with Crippen LogP contribution in [0.3, 0.4) is 0 Å². The molecule has 0 atom stereocenters. The molecule has 1 aromatic rings. The van der Waals surface area contributed by atoms with Gasteiger partial charge in [0.15, 0.2) is 0 Å². The first kappa shape index (κ1) is 11.2. The van der Waals surface area contributed by atoms with Crippen molar-refractivity contribution in [2.75, 3.05) is 31.1 Å². The predicted molar refractivity (Wildman–Crippen MR) is 60.8 cm³/mol. The third kappa shape index (κ3) is 2.28. The van der Waals surface area contributed by atoms with Gasteiger partial charge < -0.3 is 14.9 Å². The second kappa shape index (κ2) is 4.70. The Kier molecular flexibility index (Phi) is 3.10. The van der Waals surface area contributed by atoms with Crippen molar-refractivity contribution >= 4 is 11.8 Å². The zero-order valence-corrected chi connectivity index (χ0v) is 9.20. The van der Waals surface area contributed by atoms with E-state index in [0.29, 0.717) is 31.7 Å². The number of anilines is 1. The Hall–Kier alpha value is -2.29. The van der Waals surface area contributed by atoms with E-state index >= 15 is 0 Å². The maximum atomic E-state index is 10.8. The third-order valence-electron chi connectivity index (χ3n) is 2.81. The number of pyridine rings is 1. The number of rotatable bonds is 1. The van der Waals surface area contributed by atoms with E-state index < -0.39 is 6.09 Å². The van der Waals surface area contributed by atoms with E-state index in [2.05, 4.69) is 11.1 Å². The molecular weight excluding hydrogens is 220 g/mol. The predicted octanol–water partition coefficient (Wildman–Crippen LogP) is 0.753. The molecule has 1 aliphatic rings. The number of nitriles is 1. The number of carboxylic acid groups (broad SMARTS) is 1. The number of nitrogens with zero attached hydrogens (tertiary/aromatic N) is 4. The molecule has 6 heteroatoms. The van der Waals surface area contributed by atoms with Crippen molar-refractivity contribution in [2.24, 2.45) is 0 Å². The number of hydrogen-bond acceptors (Lipinski definition) is 4. The molecule has 1 aliphatic heterocycles. The van der Waals surface area contributed by atoms with Crippen molar-refractivity contribution < 1.29 is 9.90 Å². The largest absolute Gasteiger partial charge is 0.465 e. The summed E-state index contributed by atoms with van der Waals surface area (Å²) in [5, 5.41) is 17.8. The molecule has 17 heavy (non-hydrogen) atoms. The molecule has 0 unspecified atom stereocenters. The SMILES string of the molecule is N#Cc1ccncc1N1CCN(C(=O)O)CC1. The molecule has 2 heterocycles. The van der Waals surface area contributed by atoms with Gasteiger partial charge in [0.05, 0.1) is 17.4 Å². The standard InChI is InChI=1S/C11H12N4O2/c12-7-9-1-2-13-8-10(9)14-3-5-15(6-4-14)11(16)17/h1-2,8H,3-6H2,(H,16,17). The molecule has 2 rings (SSSR count). The van der Waals surface area contributed by atoms with Gasteiger partial charge in [-0.2, -0.15) is 5.26 Å². The first-order valence-corrected chi connectivity index (χ1v) is 5.29. The molecule has 0 aromatic carbocycles. The number of hydrogen-bond donors (Lipinski definition) is 1. The second-order valence-corrected chi connectivity index (χ2v) is 3.76. The molecule has 0 radical (unpaired) electrons. The van der Waals surface area contributed by atoms with E-state index in [9.17, 15) is 4.79 Å². The van der Waals surface area contributed by atoms with Gasteiger partial charge in [-0.3, -0.25) is 4.98 Å². The summed E-state index contributed by atoms with van der Waals surface area (Å²) in [6.45, 7) is 2.09. The minimum Gasteiger partial charge on any atom is -0.465 e. The summed E-state index contributed by atoms with van der Waals surface area (Å²) >= 11 is 0. The van der Waals surface area contributed by atoms with Crippen LogP contribution in [0.2, 0.25) is 0 Å². The van der Waals surface area contributed by atoms with Gasteiger partial charge in [0.25, 0.3) is 0 Å². The van der Waals surface area contributed by atoms with Gasteiger partial charge in [-0.25, -0.2) is 4.79 Å². The summed E-state index contributed by atoms with van der Waals surface area (Å²) in [7, 11) is 0. The Balaban J connectivity index is 2.11. The fourth-order valence-corrected chi connectivity index (χ4v) is 1.87. The highest BCUT2D eigenvalue weighted by Crippen LogP contribution is 2.19. The lowest BCUT2D eigenvalue weighted by molar-refractivity contribution is 0.142. The average molecular weight is 232 g/mol. The normalized spacial score (nSPS) is 15.5. The lowest BCUT2D eigenvalue weighted by atomic mass is 10.2. The topological polar surface area (TPSA) is 80.5 Å². The van der Waals surface area contributed by atoms with E-state index in [1.807, 2.05) is 4.90 Å². The Bertz CT molecular complexity index is 461. The van der Waals surface area contributed by atoms with Gasteiger partial charge in [0.1, 0.15) is 6.07 Å². The quantitative estimate of drug-likeness (QED) is 0.772. The van der Waals surface area contributed by atoms with Gasteiger partial charge in [-0.05, 0) is 6.07 Å². The monoisotopic (exact) mass is 232 g/mol. The first-order chi connectivity index (χ1) is 8.22. The second-order valence-electron chi connectivity index (χ2n) is 3.76. The average Bonchev–Trinajstić information content (AvgIpc) is 2.39. The van der Waals surface area contributed by atoms with Crippen molar-refractivity contribution in [3.05, 3.63) is 24.0 Å². The highest BCUT2D eigenvalue weighted by Gasteiger charge is 2.21. The van der Waals surface area contributed by atoms with Crippen LogP contribution in [-0.2, 0) is 0 Å². The lowest BCUT2D eigenvalue weighted by Crippen LogP contribution is -2.48. The summed E-state index contributed by atoms with van der Waals surface area (Å²) in [5.41, 5.74) is 1.35. The summed E-state index contributed by atoms with van der Waals surface area (Å²) < 4.78 is 0. The van der Waals surface area contributed by atoms with Crippen LogP contribution in [0.15, 0.2) is 18.5 Å². The van der Waals surface area contributed by atoms with Crippen molar-refractivity contribution in [1.82, 2.24) is 9.88 Å². The first-order valence-electron chi connectivity index (χ1n) is 5.29. The Morgan fingerprint density at radius 3 is 2.71 bits per heavy atom. The molecule has 0 saturated carbocycles. The molecule has 1 aromatic heterocycles. The van der Waals surface area contributed by atoms with E-state index in [4.69, 9.17) is 10.4 Å². The van der Waals surface area contributed by atoms with Crippen molar-refractivity contribution in [1.29, 1.82) is 5.26 Å².